The lowest BCUT2D eigenvalue weighted by Crippen LogP contribution is -2.18. The third-order valence-corrected chi connectivity index (χ3v) is 6.63. The van der Waals surface area contributed by atoms with Crippen molar-refractivity contribution in [2.75, 3.05) is 10.5 Å². The molecule has 0 radical (unpaired) electrons. The Hall–Kier alpha value is -3.66. The maximum atomic E-state index is 15.1. The minimum absolute atomic E-state index is 0.153. The van der Waals surface area contributed by atoms with Crippen LogP contribution in [0.15, 0.2) is 48.7 Å². The van der Waals surface area contributed by atoms with E-state index < -0.39 is 38.7 Å². The molecule has 10 heteroatoms. The summed E-state index contributed by atoms with van der Waals surface area (Å²) < 4.78 is 55.8. The van der Waals surface area contributed by atoms with Gasteiger partial charge in [0.1, 0.15) is 11.5 Å². The van der Waals surface area contributed by atoms with Crippen molar-refractivity contribution in [2.45, 2.75) is 20.3 Å². The minimum Gasteiger partial charge on any atom is -0.287 e. The highest BCUT2D eigenvalue weighted by Gasteiger charge is 2.26. The van der Waals surface area contributed by atoms with Crippen LogP contribution < -0.4 is 4.72 Å². The van der Waals surface area contributed by atoms with Gasteiger partial charge in [0.2, 0.25) is 15.8 Å². The molecular formula is C23H20F2N4O3S. The number of ketones is 1. The van der Waals surface area contributed by atoms with Crippen LogP contribution >= 0.6 is 0 Å². The predicted molar refractivity (Wildman–Crippen MR) is 122 cm³/mol. The number of hydrogen-bond donors (Lipinski definition) is 2. The van der Waals surface area contributed by atoms with Gasteiger partial charge < -0.3 is 0 Å². The maximum absolute atomic E-state index is 15.1. The first-order valence-electron chi connectivity index (χ1n) is 10.1. The third kappa shape index (κ3) is 4.34. The Morgan fingerprint density at radius 1 is 1.15 bits per heavy atom. The smallest absolute Gasteiger partial charge is 0.232 e. The van der Waals surface area contributed by atoms with Gasteiger partial charge >= 0.3 is 0 Å². The van der Waals surface area contributed by atoms with Crippen LogP contribution in [-0.2, 0) is 10.0 Å². The number of sulfonamides is 1. The average Bonchev–Trinajstić information content (AvgIpc) is 3.19. The molecule has 170 valence electrons. The number of anilines is 1. The maximum Gasteiger partial charge on any atom is 0.232 e. The Balaban J connectivity index is 1.80. The van der Waals surface area contributed by atoms with Crippen molar-refractivity contribution in [3.05, 3.63) is 77.1 Å². The van der Waals surface area contributed by atoms with E-state index in [0.717, 1.165) is 23.3 Å². The number of nitrogens with one attached hydrogen (secondary N) is 2. The number of aromatic amines is 1. The summed E-state index contributed by atoms with van der Waals surface area (Å²) in [6.07, 6.45) is 1.91. The molecule has 7 nitrogen and oxygen atoms in total. The quantitative estimate of drug-likeness (QED) is 0.384. The van der Waals surface area contributed by atoms with Crippen LogP contribution in [0.25, 0.3) is 22.2 Å². The number of H-pyrrole nitrogens is 1. The molecule has 0 fully saturated rings. The standard InChI is InChI=1S/C23H20F2N4O3S/c1-3-10-33(31,32)29-18-9-8-17(24)19(20(18)25)22(30)21-16-11-14(12-26-23(16)28-27-21)15-7-5-4-6-13(15)2/h4-9,11-12,29H,3,10H2,1-2H3,(H,26,27,28). The number of aryl methyl sites for hydroxylation is 1. The summed E-state index contributed by atoms with van der Waals surface area (Å²) in [5, 5.41) is 6.78. The summed E-state index contributed by atoms with van der Waals surface area (Å²) >= 11 is 0. The number of nitrogens with zero attached hydrogens (tertiary/aromatic N) is 2. The van der Waals surface area contributed by atoms with Crippen molar-refractivity contribution in [3.63, 3.8) is 0 Å². The van der Waals surface area contributed by atoms with Gasteiger partial charge in [0.25, 0.3) is 0 Å². The van der Waals surface area contributed by atoms with Gasteiger partial charge in [0.15, 0.2) is 11.5 Å². The topological polar surface area (TPSA) is 105 Å². The number of pyridine rings is 1. The summed E-state index contributed by atoms with van der Waals surface area (Å²) in [4.78, 5) is 17.4. The molecule has 0 saturated carbocycles. The van der Waals surface area contributed by atoms with Crippen molar-refractivity contribution in [1.82, 2.24) is 15.2 Å². The second-order valence-electron chi connectivity index (χ2n) is 7.54. The summed E-state index contributed by atoms with van der Waals surface area (Å²) in [6.45, 7) is 3.58. The fraction of sp³-hybridized carbons (Fsp3) is 0.174. The van der Waals surface area contributed by atoms with Gasteiger partial charge in [-0.1, -0.05) is 31.2 Å². The summed E-state index contributed by atoms with van der Waals surface area (Å²) in [5.41, 5.74) is 1.23. The van der Waals surface area contributed by atoms with Crippen LogP contribution in [-0.4, -0.2) is 35.1 Å². The van der Waals surface area contributed by atoms with Gasteiger partial charge in [-0.3, -0.25) is 14.6 Å². The fourth-order valence-corrected chi connectivity index (χ4v) is 4.70. The lowest BCUT2D eigenvalue weighted by atomic mass is 9.99. The second-order valence-corrected chi connectivity index (χ2v) is 9.38. The second kappa shape index (κ2) is 8.70. The summed E-state index contributed by atoms with van der Waals surface area (Å²) in [7, 11) is -3.85. The molecule has 2 aromatic carbocycles. The molecule has 4 aromatic rings. The average molecular weight is 471 g/mol. The van der Waals surface area contributed by atoms with Gasteiger partial charge in [-0.2, -0.15) is 5.10 Å². The first-order valence-corrected chi connectivity index (χ1v) is 11.8. The minimum atomic E-state index is -3.85. The number of aromatic nitrogens is 3. The van der Waals surface area contributed by atoms with Crippen molar-refractivity contribution in [3.8, 4) is 11.1 Å². The van der Waals surface area contributed by atoms with Gasteiger partial charge in [-0.15, -0.1) is 0 Å². The van der Waals surface area contributed by atoms with E-state index in [1.807, 2.05) is 31.2 Å². The van der Waals surface area contributed by atoms with Crippen molar-refractivity contribution >= 4 is 32.5 Å². The molecule has 0 unspecified atom stereocenters. The molecular weight excluding hydrogens is 450 g/mol. The summed E-state index contributed by atoms with van der Waals surface area (Å²) in [5.74, 6) is -3.68. The van der Waals surface area contributed by atoms with E-state index in [4.69, 9.17) is 0 Å². The van der Waals surface area contributed by atoms with Gasteiger partial charge in [0.05, 0.1) is 22.4 Å². The van der Waals surface area contributed by atoms with Crippen LogP contribution in [0, 0.1) is 18.6 Å². The number of carbonyl (C=O) groups is 1. The molecule has 33 heavy (non-hydrogen) atoms. The van der Waals surface area contributed by atoms with Crippen LogP contribution in [0.2, 0.25) is 0 Å². The van der Waals surface area contributed by atoms with E-state index in [-0.39, 0.29) is 22.5 Å². The molecule has 4 rings (SSSR count). The molecule has 0 saturated heterocycles. The lowest BCUT2D eigenvalue weighted by Gasteiger charge is -2.11. The SMILES string of the molecule is CCCS(=O)(=O)Nc1ccc(F)c(C(=O)c2[nH]nc3ncc(-c4ccccc4C)cc23)c1F. The normalized spacial score (nSPS) is 11.6. The molecule has 0 aliphatic rings. The Kier molecular flexibility index (Phi) is 5.94. The highest BCUT2D eigenvalue weighted by Crippen LogP contribution is 2.29. The van der Waals surface area contributed by atoms with Crippen molar-refractivity contribution in [2.24, 2.45) is 0 Å². The van der Waals surface area contributed by atoms with E-state index in [2.05, 4.69) is 19.9 Å². The fourth-order valence-electron chi connectivity index (χ4n) is 3.57. The molecule has 0 aliphatic carbocycles. The number of rotatable bonds is 7. The number of carbonyl (C=O) groups excluding carboxylic acids is 1. The number of hydrogen-bond acceptors (Lipinski definition) is 5. The van der Waals surface area contributed by atoms with Gasteiger partial charge in [0, 0.05) is 11.8 Å². The van der Waals surface area contributed by atoms with E-state index in [9.17, 15) is 17.6 Å². The molecule has 2 heterocycles. The first kappa shape index (κ1) is 22.5. The Bertz CT molecular complexity index is 1480. The monoisotopic (exact) mass is 470 g/mol. The van der Waals surface area contributed by atoms with Crippen LogP contribution in [0.4, 0.5) is 14.5 Å². The third-order valence-electron chi connectivity index (χ3n) is 5.15. The van der Waals surface area contributed by atoms with E-state index in [1.54, 1.807) is 19.2 Å². The van der Waals surface area contributed by atoms with Gasteiger partial charge in [-0.25, -0.2) is 22.2 Å². The Morgan fingerprint density at radius 2 is 1.91 bits per heavy atom. The van der Waals surface area contributed by atoms with E-state index >= 15 is 4.39 Å². The molecule has 0 spiro atoms. The number of benzene rings is 2. The molecule has 0 atom stereocenters. The van der Waals surface area contributed by atoms with Crippen molar-refractivity contribution < 1.29 is 22.0 Å². The zero-order chi connectivity index (χ0) is 23.8. The predicted octanol–water partition coefficient (Wildman–Crippen LogP) is 4.59. The Morgan fingerprint density at radius 3 is 2.64 bits per heavy atom. The highest BCUT2D eigenvalue weighted by molar-refractivity contribution is 7.92. The molecule has 0 aliphatic heterocycles. The number of halogens is 2. The van der Waals surface area contributed by atoms with Gasteiger partial charge in [-0.05, 0) is 42.7 Å². The molecule has 0 bridgehead atoms. The highest BCUT2D eigenvalue weighted by atomic mass is 32.2. The molecule has 0 amide bonds. The van der Waals surface area contributed by atoms with E-state index in [1.165, 1.54) is 0 Å². The van der Waals surface area contributed by atoms with Crippen molar-refractivity contribution in [1.29, 1.82) is 0 Å². The Labute approximate surface area is 188 Å². The van der Waals surface area contributed by atoms with Crippen LogP contribution in [0.1, 0.15) is 35.0 Å². The zero-order valence-corrected chi connectivity index (χ0v) is 18.6. The largest absolute Gasteiger partial charge is 0.287 e. The van der Waals surface area contributed by atoms with Crippen LogP contribution in [0.3, 0.4) is 0 Å². The molecule has 2 N–H and O–H groups in total. The zero-order valence-electron chi connectivity index (χ0n) is 17.8. The van der Waals surface area contributed by atoms with Crippen LogP contribution in [0.5, 0.6) is 0 Å². The first-order chi connectivity index (χ1) is 15.7. The molecule has 2 aromatic heterocycles. The number of fused-ring (bicyclic) bond motifs is 1. The summed E-state index contributed by atoms with van der Waals surface area (Å²) in [6, 6.07) is 11.0. The van der Waals surface area contributed by atoms with E-state index in [0.29, 0.717) is 12.0 Å². The lowest BCUT2D eigenvalue weighted by molar-refractivity contribution is 0.102.